The molecule has 0 amide bonds. The summed E-state index contributed by atoms with van der Waals surface area (Å²) in [6.45, 7) is 5.97. The number of carbonyl (C=O) groups is 1. The first-order chi connectivity index (χ1) is 13.8. The number of benzene rings is 3. The Labute approximate surface area is 173 Å². The van der Waals surface area contributed by atoms with E-state index >= 15 is 0 Å². The number of hydrogen-bond donors (Lipinski definition) is 0. The third kappa shape index (κ3) is 3.82. The Balaban J connectivity index is 1.88. The van der Waals surface area contributed by atoms with Gasteiger partial charge in [0, 0.05) is 11.1 Å². The minimum absolute atomic E-state index is 0.117. The van der Waals surface area contributed by atoms with Crippen LogP contribution in [0.1, 0.15) is 36.7 Å². The van der Waals surface area contributed by atoms with Crippen molar-refractivity contribution in [3.05, 3.63) is 90.0 Å². The van der Waals surface area contributed by atoms with Crippen LogP contribution in [0.25, 0.3) is 20.5 Å². The predicted molar refractivity (Wildman–Crippen MR) is 118 cm³/mol. The standard InChI is InChI=1S/C25H22O3S/c1-25(2,3)28-19-15-13-18(14-16-19)24-22(23(26)17-9-5-4-6-10-17)20-11-7-8-12-21(20)29(24)27/h4-16H,1-3H3. The molecule has 0 saturated heterocycles. The van der Waals surface area contributed by atoms with Crippen LogP contribution in [-0.4, -0.2) is 15.9 Å². The van der Waals surface area contributed by atoms with Gasteiger partial charge in [-0.3, -0.25) is 4.79 Å². The second kappa shape index (κ2) is 7.47. The Hall–Kier alpha value is -2.95. The number of rotatable bonds is 4. The van der Waals surface area contributed by atoms with Gasteiger partial charge in [-0.25, -0.2) is 0 Å². The summed E-state index contributed by atoms with van der Waals surface area (Å²) in [4.78, 5) is 13.9. The Morgan fingerprint density at radius 1 is 0.862 bits per heavy atom. The maximum Gasteiger partial charge on any atom is 0.199 e. The molecule has 0 radical (unpaired) electrons. The summed E-state index contributed by atoms with van der Waals surface area (Å²) < 4.78 is 19.9. The highest BCUT2D eigenvalue weighted by atomic mass is 32.2. The van der Waals surface area contributed by atoms with Crippen LogP contribution in [-0.2, 0) is 0 Å². The molecule has 1 heterocycles. The van der Waals surface area contributed by atoms with Crippen molar-refractivity contribution < 1.29 is 14.1 Å². The van der Waals surface area contributed by atoms with Crippen molar-refractivity contribution in [2.24, 2.45) is 0 Å². The van der Waals surface area contributed by atoms with Crippen LogP contribution in [0.3, 0.4) is 0 Å². The summed E-state index contributed by atoms with van der Waals surface area (Å²) in [6, 6.07) is 24.0. The topological polar surface area (TPSA) is 49.4 Å². The first-order valence-corrected chi connectivity index (χ1v) is 10.6. The quantitative estimate of drug-likeness (QED) is 0.284. The van der Waals surface area contributed by atoms with Gasteiger partial charge >= 0.3 is 0 Å². The third-order valence-electron chi connectivity index (χ3n) is 4.57. The lowest BCUT2D eigenvalue weighted by atomic mass is 9.97. The summed E-state index contributed by atoms with van der Waals surface area (Å²) in [5, 5.41) is 0.740. The molecular formula is C25H22O3S. The summed E-state index contributed by atoms with van der Waals surface area (Å²) in [5.74, 6) is 0.619. The highest BCUT2D eigenvalue weighted by molar-refractivity contribution is 7.35. The van der Waals surface area contributed by atoms with Crippen molar-refractivity contribution in [2.75, 3.05) is 0 Å². The van der Waals surface area contributed by atoms with Crippen molar-refractivity contribution in [2.45, 2.75) is 26.4 Å². The van der Waals surface area contributed by atoms with Crippen molar-refractivity contribution in [1.82, 2.24) is 0 Å². The zero-order valence-corrected chi connectivity index (χ0v) is 17.5. The SMILES string of the molecule is CC(C)(C)Oc1ccc(-c2c(C(=O)c3ccccc3)c3ccccc3[s+]2[O-])cc1. The van der Waals surface area contributed by atoms with Gasteiger partial charge < -0.3 is 9.29 Å². The van der Waals surface area contributed by atoms with E-state index in [0.717, 1.165) is 16.7 Å². The molecule has 0 spiro atoms. The van der Waals surface area contributed by atoms with Gasteiger partial charge in [0.15, 0.2) is 15.4 Å². The zero-order chi connectivity index (χ0) is 20.6. The van der Waals surface area contributed by atoms with Gasteiger partial charge in [-0.05, 0) is 67.9 Å². The van der Waals surface area contributed by atoms with Crippen molar-refractivity contribution >= 4 is 26.6 Å². The Kier molecular flexibility index (Phi) is 4.99. The smallest absolute Gasteiger partial charge is 0.199 e. The van der Waals surface area contributed by atoms with Crippen molar-refractivity contribution in [3.8, 4) is 16.2 Å². The Bertz CT molecular complexity index is 1170. The number of ketones is 1. The molecule has 1 atom stereocenters. The van der Waals surface area contributed by atoms with E-state index in [1.165, 1.54) is 0 Å². The minimum Gasteiger partial charge on any atom is -0.590 e. The summed E-state index contributed by atoms with van der Waals surface area (Å²) in [7, 11) is -1.42. The molecule has 1 aromatic heterocycles. The lowest BCUT2D eigenvalue weighted by Crippen LogP contribution is -2.22. The average Bonchev–Trinajstić information content (AvgIpc) is 3.00. The molecule has 0 bridgehead atoms. The van der Waals surface area contributed by atoms with Gasteiger partial charge in [-0.1, -0.05) is 42.5 Å². The first-order valence-electron chi connectivity index (χ1n) is 9.50. The molecule has 4 rings (SSSR count). The van der Waals surface area contributed by atoms with Gasteiger partial charge in [0.2, 0.25) is 0 Å². The molecule has 0 aliphatic heterocycles. The van der Waals surface area contributed by atoms with Crippen molar-refractivity contribution in [1.29, 1.82) is 0 Å². The maximum atomic E-state index is 13.4. The Morgan fingerprint density at radius 3 is 2.14 bits per heavy atom. The molecule has 146 valence electrons. The lowest BCUT2D eigenvalue weighted by Gasteiger charge is -2.21. The van der Waals surface area contributed by atoms with E-state index in [2.05, 4.69) is 0 Å². The zero-order valence-electron chi connectivity index (χ0n) is 16.6. The molecule has 0 fully saturated rings. The summed E-state index contributed by atoms with van der Waals surface area (Å²) in [6.07, 6.45) is 0. The molecule has 0 saturated carbocycles. The van der Waals surface area contributed by atoms with Gasteiger partial charge in [-0.15, -0.1) is 0 Å². The molecule has 0 aliphatic carbocycles. The van der Waals surface area contributed by atoms with Gasteiger partial charge in [0.1, 0.15) is 11.4 Å². The largest absolute Gasteiger partial charge is 0.590 e. The fraction of sp³-hybridized carbons (Fsp3) is 0.160. The second-order valence-corrected chi connectivity index (χ2v) is 9.29. The lowest BCUT2D eigenvalue weighted by molar-refractivity contribution is 0.104. The molecule has 3 nitrogen and oxygen atoms in total. The van der Waals surface area contributed by atoms with Gasteiger partial charge in [0.25, 0.3) is 0 Å². The van der Waals surface area contributed by atoms with Crippen LogP contribution in [0.4, 0.5) is 0 Å². The second-order valence-electron chi connectivity index (χ2n) is 7.90. The number of carbonyl (C=O) groups excluding carboxylic acids is 1. The molecule has 1 unspecified atom stereocenters. The molecule has 3 aromatic carbocycles. The van der Waals surface area contributed by atoms with E-state index in [0.29, 0.717) is 20.7 Å². The molecule has 4 aromatic rings. The molecule has 0 N–H and O–H groups in total. The van der Waals surface area contributed by atoms with E-state index < -0.39 is 10.8 Å². The number of hydrogen-bond acceptors (Lipinski definition) is 3. The van der Waals surface area contributed by atoms with E-state index in [4.69, 9.17) is 4.74 Å². The van der Waals surface area contributed by atoms with E-state index in [9.17, 15) is 9.35 Å². The highest BCUT2D eigenvalue weighted by Crippen LogP contribution is 2.45. The van der Waals surface area contributed by atoms with Crippen LogP contribution < -0.4 is 4.74 Å². The van der Waals surface area contributed by atoms with Crippen LogP contribution >= 0.6 is 10.8 Å². The predicted octanol–water partition coefficient (Wildman–Crippen LogP) is 6.64. The highest BCUT2D eigenvalue weighted by Gasteiger charge is 2.29. The molecule has 4 heteroatoms. The molecule has 0 aliphatic rings. The van der Waals surface area contributed by atoms with Crippen molar-refractivity contribution in [3.63, 3.8) is 0 Å². The Morgan fingerprint density at radius 2 is 1.48 bits per heavy atom. The van der Waals surface area contributed by atoms with Gasteiger partial charge in [-0.2, -0.15) is 0 Å². The molecule has 29 heavy (non-hydrogen) atoms. The number of ether oxygens (including phenoxy) is 1. The summed E-state index contributed by atoms with van der Waals surface area (Å²) >= 11 is 0. The van der Waals surface area contributed by atoms with Crippen LogP contribution in [0, 0.1) is 0 Å². The van der Waals surface area contributed by atoms with Crippen LogP contribution in [0.15, 0.2) is 78.9 Å². The third-order valence-corrected chi connectivity index (χ3v) is 6.14. The number of fused-ring (bicyclic) bond motifs is 1. The fourth-order valence-electron chi connectivity index (χ4n) is 3.40. The van der Waals surface area contributed by atoms with E-state index in [-0.39, 0.29) is 11.4 Å². The fourth-order valence-corrected chi connectivity index (χ4v) is 4.93. The normalized spacial score (nSPS) is 12.2. The molecular weight excluding hydrogens is 380 g/mol. The average molecular weight is 403 g/mol. The first kappa shape index (κ1) is 19.4. The van der Waals surface area contributed by atoms with E-state index in [1.807, 2.05) is 87.5 Å². The number of thiophene rings is 1. The maximum absolute atomic E-state index is 13.4. The van der Waals surface area contributed by atoms with E-state index in [1.54, 1.807) is 12.1 Å². The minimum atomic E-state index is -1.42. The monoisotopic (exact) mass is 402 g/mol. The summed E-state index contributed by atoms with van der Waals surface area (Å²) in [5.41, 5.74) is 1.55. The van der Waals surface area contributed by atoms with Crippen LogP contribution in [0.2, 0.25) is 0 Å². The van der Waals surface area contributed by atoms with Crippen LogP contribution in [0.5, 0.6) is 5.75 Å². The van der Waals surface area contributed by atoms with Gasteiger partial charge in [0.05, 0.1) is 10.9 Å².